The van der Waals surface area contributed by atoms with Crippen LogP contribution in [0.15, 0.2) is 18.2 Å². The summed E-state index contributed by atoms with van der Waals surface area (Å²) in [5, 5.41) is 0.376. The molecular formula is C16H20ClFN2O3. The second kappa shape index (κ2) is 8.15. The second-order valence-corrected chi connectivity index (χ2v) is 6.00. The minimum atomic E-state index is -0.517. The van der Waals surface area contributed by atoms with E-state index in [1.54, 1.807) is 12.1 Å². The van der Waals surface area contributed by atoms with Crippen LogP contribution < -0.4 is 5.73 Å². The molecule has 23 heavy (non-hydrogen) atoms. The lowest BCUT2D eigenvalue weighted by molar-refractivity contribution is -0.150. The van der Waals surface area contributed by atoms with Crippen LogP contribution in [0.25, 0.3) is 0 Å². The number of amides is 2. The van der Waals surface area contributed by atoms with Crippen molar-refractivity contribution in [1.82, 2.24) is 4.90 Å². The molecule has 1 fully saturated rings. The number of nitrogens with zero attached hydrogens (tertiary/aromatic N) is 1. The molecule has 126 valence electrons. The molecule has 0 bridgehead atoms. The highest BCUT2D eigenvalue weighted by atomic mass is 35.5. The first-order chi connectivity index (χ1) is 11.0. The lowest BCUT2D eigenvalue weighted by Gasteiger charge is -2.30. The molecule has 1 atom stereocenters. The molecule has 1 aromatic rings. The summed E-state index contributed by atoms with van der Waals surface area (Å²) in [5.41, 5.74) is 5.66. The molecule has 0 saturated carbocycles. The van der Waals surface area contributed by atoms with Gasteiger partial charge in [0.1, 0.15) is 5.82 Å². The summed E-state index contributed by atoms with van der Waals surface area (Å²) in [7, 11) is 0. The molecule has 2 rings (SSSR count). The average molecular weight is 343 g/mol. The van der Waals surface area contributed by atoms with E-state index in [0.29, 0.717) is 42.9 Å². The normalized spacial score (nSPS) is 17.8. The van der Waals surface area contributed by atoms with E-state index in [1.807, 2.05) is 0 Å². The number of halogens is 2. The summed E-state index contributed by atoms with van der Waals surface area (Å²) in [6.45, 7) is 1.06. The summed E-state index contributed by atoms with van der Waals surface area (Å²) in [6.07, 6.45) is 2.30. The first kappa shape index (κ1) is 17.5. The van der Waals surface area contributed by atoms with Gasteiger partial charge in [0.15, 0.2) is 0 Å². The highest BCUT2D eigenvalue weighted by Crippen LogP contribution is 2.21. The van der Waals surface area contributed by atoms with Crippen LogP contribution in [-0.2, 0) is 16.0 Å². The molecule has 1 saturated heterocycles. The summed E-state index contributed by atoms with van der Waals surface area (Å²) in [4.78, 5) is 24.6. The minimum absolute atomic E-state index is 0.191. The number of carbonyl (C=O) groups is 2. The number of benzene rings is 1. The maximum absolute atomic E-state index is 13.6. The molecule has 5 nitrogen and oxygen atoms in total. The number of ether oxygens (including phenoxy) is 1. The summed E-state index contributed by atoms with van der Waals surface area (Å²) in [6, 6.07) is 4.02. The molecule has 7 heteroatoms. The van der Waals surface area contributed by atoms with Crippen molar-refractivity contribution < 1.29 is 18.7 Å². The predicted octanol–water partition coefficient (Wildman–Crippen LogP) is 2.75. The van der Waals surface area contributed by atoms with Crippen molar-refractivity contribution in [2.75, 3.05) is 19.7 Å². The standard InChI is InChI=1S/C16H20ClFN2O3/c17-13-6-1-7-14(18)12(13)5-3-9-23-15(21)11-4-2-8-20(10-11)16(19)22/h1,6-7,11H,2-5,8-10H2,(H2,19,22)/t11-/m1/s1. The van der Waals surface area contributed by atoms with Crippen molar-refractivity contribution in [3.8, 4) is 0 Å². The zero-order valence-corrected chi connectivity index (χ0v) is 13.5. The molecule has 2 N–H and O–H groups in total. The third-order valence-electron chi connectivity index (χ3n) is 3.94. The van der Waals surface area contributed by atoms with E-state index in [2.05, 4.69) is 0 Å². The SMILES string of the molecule is NC(=O)N1CCC[C@@H](C(=O)OCCCc2c(F)cccc2Cl)C1. The van der Waals surface area contributed by atoms with Gasteiger partial charge in [-0.1, -0.05) is 17.7 Å². The topological polar surface area (TPSA) is 72.6 Å². The van der Waals surface area contributed by atoms with Gasteiger partial charge in [-0.2, -0.15) is 0 Å². The molecule has 1 aliphatic rings. The van der Waals surface area contributed by atoms with E-state index >= 15 is 0 Å². The molecular weight excluding hydrogens is 323 g/mol. The Kier molecular flexibility index (Phi) is 6.21. The van der Waals surface area contributed by atoms with Gasteiger partial charge in [-0.3, -0.25) is 4.79 Å². The molecule has 0 radical (unpaired) electrons. The first-order valence-corrected chi connectivity index (χ1v) is 8.00. The van der Waals surface area contributed by atoms with Crippen molar-refractivity contribution in [1.29, 1.82) is 0 Å². The lowest BCUT2D eigenvalue weighted by atomic mass is 9.98. The van der Waals surface area contributed by atoms with Crippen LogP contribution in [0.3, 0.4) is 0 Å². The quantitative estimate of drug-likeness (QED) is 0.660. The van der Waals surface area contributed by atoms with Crippen molar-refractivity contribution in [2.24, 2.45) is 11.7 Å². The van der Waals surface area contributed by atoms with Crippen molar-refractivity contribution >= 4 is 23.6 Å². The van der Waals surface area contributed by atoms with Crippen LogP contribution in [0.4, 0.5) is 9.18 Å². The Morgan fingerprint density at radius 2 is 2.22 bits per heavy atom. The number of hydrogen-bond donors (Lipinski definition) is 1. The fourth-order valence-corrected chi connectivity index (χ4v) is 2.94. The van der Waals surface area contributed by atoms with Gasteiger partial charge < -0.3 is 15.4 Å². The Morgan fingerprint density at radius 3 is 2.91 bits per heavy atom. The van der Waals surface area contributed by atoms with Crippen LogP contribution in [0.5, 0.6) is 0 Å². The van der Waals surface area contributed by atoms with E-state index < -0.39 is 6.03 Å². The number of nitrogens with two attached hydrogens (primary N) is 1. The third-order valence-corrected chi connectivity index (χ3v) is 4.30. The van der Waals surface area contributed by atoms with E-state index in [0.717, 1.165) is 6.42 Å². The van der Waals surface area contributed by atoms with E-state index in [9.17, 15) is 14.0 Å². The molecule has 0 unspecified atom stereocenters. The molecule has 0 aromatic heterocycles. The van der Waals surface area contributed by atoms with E-state index in [-0.39, 0.29) is 24.3 Å². The van der Waals surface area contributed by atoms with Gasteiger partial charge in [0.25, 0.3) is 0 Å². The van der Waals surface area contributed by atoms with Crippen LogP contribution in [0.2, 0.25) is 5.02 Å². The van der Waals surface area contributed by atoms with Crippen LogP contribution >= 0.6 is 11.6 Å². The largest absolute Gasteiger partial charge is 0.465 e. The Labute approximate surface area is 139 Å². The van der Waals surface area contributed by atoms with Gasteiger partial charge in [-0.05, 0) is 37.8 Å². The highest BCUT2D eigenvalue weighted by Gasteiger charge is 2.28. The molecule has 0 aliphatic carbocycles. The van der Waals surface area contributed by atoms with Crippen LogP contribution in [0.1, 0.15) is 24.8 Å². The number of likely N-dealkylation sites (tertiary alicyclic amines) is 1. The zero-order valence-electron chi connectivity index (χ0n) is 12.8. The monoisotopic (exact) mass is 342 g/mol. The fraction of sp³-hybridized carbons (Fsp3) is 0.500. The predicted molar refractivity (Wildman–Crippen MR) is 84.6 cm³/mol. The van der Waals surface area contributed by atoms with Gasteiger partial charge in [-0.15, -0.1) is 0 Å². The van der Waals surface area contributed by atoms with E-state index in [1.165, 1.54) is 11.0 Å². The maximum atomic E-state index is 13.6. The Bertz CT molecular complexity index is 562. The van der Waals surface area contributed by atoms with Gasteiger partial charge in [0.2, 0.25) is 0 Å². The number of esters is 1. The minimum Gasteiger partial charge on any atom is -0.465 e. The second-order valence-electron chi connectivity index (χ2n) is 5.59. The maximum Gasteiger partial charge on any atom is 0.314 e. The number of hydrogen-bond acceptors (Lipinski definition) is 3. The molecule has 1 aliphatic heterocycles. The molecule has 2 amide bonds. The smallest absolute Gasteiger partial charge is 0.314 e. The third kappa shape index (κ3) is 4.82. The fourth-order valence-electron chi connectivity index (χ4n) is 2.68. The molecule has 1 aromatic carbocycles. The average Bonchev–Trinajstić information content (AvgIpc) is 2.53. The number of carbonyl (C=O) groups excluding carboxylic acids is 2. The number of rotatable bonds is 5. The van der Waals surface area contributed by atoms with Crippen molar-refractivity contribution in [2.45, 2.75) is 25.7 Å². The van der Waals surface area contributed by atoms with Crippen LogP contribution in [-0.4, -0.2) is 36.6 Å². The van der Waals surface area contributed by atoms with E-state index in [4.69, 9.17) is 22.1 Å². The van der Waals surface area contributed by atoms with Gasteiger partial charge in [-0.25, -0.2) is 9.18 Å². The zero-order chi connectivity index (χ0) is 16.8. The number of urea groups is 1. The number of piperidine rings is 1. The lowest BCUT2D eigenvalue weighted by Crippen LogP contribution is -2.45. The van der Waals surface area contributed by atoms with Gasteiger partial charge >= 0.3 is 12.0 Å². The summed E-state index contributed by atoms with van der Waals surface area (Å²) in [5.74, 6) is -1.03. The van der Waals surface area contributed by atoms with Crippen molar-refractivity contribution in [3.63, 3.8) is 0 Å². The summed E-state index contributed by atoms with van der Waals surface area (Å²) >= 11 is 5.94. The Hall–Kier alpha value is -1.82. The summed E-state index contributed by atoms with van der Waals surface area (Å²) < 4.78 is 18.8. The Morgan fingerprint density at radius 1 is 1.43 bits per heavy atom. The van der Waals surface area contributed by atoms with Crippen molar-refractivity contribution in [3.05, 3.63) is 34.6 Å². The number of primary amides is 1. The molecule has 1 heterocycles. The first-order valence-electron chi connectivity index (χ1n) is 7.63. The highest BCUT2D eigenvalue weighted by molar-refractivity contribution is 6.31. The molecule has 0 spiro atoms. The van der Waals surface area contributed by atoms with Gasteiger partial charge in [0, 0.05) is 23.7 Å². The Balaban J connectivity index is 1.76. The van der Waals surface area contributed by atoms with Crippen LogP contribution in [0, 0.1) is 11.7 Å². The van der Waals surface area contributed by atoms with Gasteiger partial charge in [0.05, 0.1) is 12.5 Å².